The Bertz CT molecular complexity index is 796. The predicted molar refractivity (Wildman–Crippen MR) is 87.6 cm³/mol. The molecule has 0 N–H and O–H groups in total. The number of hydrogen-bond acceptors (Lipinski definition) is 2. The molecule has 0 rings (SSSR count). The van der Waals surface area contributed by atoms with Crippen LogP contribution in [0.1, 0.15) is 26.7 Å². The van der Waals surface area contributed by atoms with Crippen molar-refractivity contribution in [3.05, 3.63) is 0 Å². The molecule has 98 valence electrons. The normalized spacial score (nSPS) is 5.62. The van der Waals surface area contributed by atoms with Gasteiger partial charge in [0, 0.05) is 18.2 Å². The van der Waals surface area contributed by atoms with Crippen LogP contribution < -0.4 is 0 Å². The Morgan fingerprint density at radius 2 is 1.19 bits per heavy atom. The van der Waals surface area contributed by atoms with E-state index >= 15 is 0 Å². The highest BCUT2D eigenvalue weighted by Crippen LogP contribution is 2.03. The molecule has 0 aromatic rings. The number of hydrogen-bond donors (Lipinski definition) is 0. The van der Waals surface area contributed by atoms with Gasteiger partial charge in [0.15, 0.2) is 0 Å². The summed E-state index contributed by atoms with van der Waals surface area (Å²) in [6, 6.07) is 0. The van der Waals surface area contributed by atoms with Crippen molar-refractivity contribution in [2.45, 2.75) is 26.7 Å². The molecule has 0 unspecified atom stereocenters. The first-order valence-electron chi connectivity index (χ1n) is 5.92. The molecule has 0 aromatic carbocycles. The highest BCUT2D eigenvalue weighted by Gasteiger charge is 1.95. The molecule has 0 heterocycles. The molecule has 0 atom stereocenters. The first kappa shape index (κ1) is 17.9. The molecule has 0 bridgehead atoms. The van der Waals surface area contributed by atoms with Crippen molar-refractivity contribution in [1.82, 2.24) is 0 Å². The Morgan fingerprint density at radius 3 is 1.62 bits per heavy atom. The van der Waals surface area contributed by atoms with Crippen LogP contribution in [0.3, 0.4) is 0 Å². The van der Waals surface area contributed by atoms with Gasteiger partial charge in [0.2, 0.25) is 5.12 Å². The first-order chi connectivity index (χ1) is 10.3. The monoisotopic (exact) mass is 286 g/mol. The van der Waals surface area contributed by atoms with Gasteiger partial charge in [-0.2, -0.15) is 0 Å². The van der Waals surface area contributed by atoms with Crippen LogP contribution in [0.4, 0.5) is 0 Å². The predicted octanol–water partition coefficient (Wildman–Crippen LogP) is 2.05. The topological polar surface area (TPSA) is 17.1 Å². The molecule has 0 aliphatic rings. The quantitative estimate of drug-likeness (QED) is 0.723. The van der Waals surface area contributed by atoms with Gasteiger partial charge in [0.25, 0.3) is 0 Å². The van der Waals surface area contributed by atoms with E-state index in [9.17, 15) is 4.79 Å². The molecule has 0 aliphatic carbocycles. The third-order valence-electron chi connectivity index (χ3n) is 1.48. The zero-order chi connectivity index (χ0) is 15.6. The summed E-state index contributed by atoms with van der Waals surface area (Å²) in [5.74, 6) is 32.8. The van der Waals surface area contributed by atoms with Gasteiger partial charge < -0.3 is 0 Å². The van der Waals surface area contributed by atoms with Crippen molar-refractivity contribution in [2.24, 2.45) is 0 Å². The van der Waals surface area contributed by atoms with E-state index in [1.807, 2.05) is 6.92 Å². The molecule has 0 aromatic heterocycles. The highest BCUT2D eigenvalue weighted by molar-refractivity contribution is 8.17. The Balaban J connectivity index is 4.20. The van der Waals surface area contributed by atoms with Crippen LogP contribution in [0.2, 0.25) is 0 Å². The summed E-state index contributed by atoms with van der Waals surface area (Å²) in [4.78, 5) is 11.1. The summed E-state index contributed by atoms with van der Waals surface area (Å²) in [7, 11) is 0. The summed E-state index contributed by atoms with van der Waals surface area (Å²) < 4.78 is 0. The SMILES string of the molecule is CC#CC#CC#CC#CC#CC#CC#CSC(=O)CCC. The maximum Gasteiger partial charge on any atom is 0.201 e. The first-order valence-corrected chi connectivity index (χ1v) is 6.74. The minimum Gasteiger partial charge on any atom is -0.286 e. The zero-order valence-corrected chi connectivity index (χ0v) is 12.5. The smallest absolute Gasteiger partial charge is 0.201 e. The Hall–Kier alpha value is -3.06. The van der Waals surface area contributed by atoms with Gasteiger partial charge in [-0.05, 0) is 89.6 Å². The van der Waals surface area contributed by atoms with E-state index in [1.165, 1.54) is 0 Å². The van der Waals surface area contributed by atoms with Crippen LogP contribution in [0, 0.1) is 82.2 Å². The molecule has 0 saturated heterocycles. The highest BCUT2D eigenvalue weighted by atomic mass is 32.2. The lowest BCUT2D eigenvalue weighted by atomic mass is 10.4. The van der Waals surface area contributed by atoms with Crippen LogP contribution in [-0.2, 0) is 4.79 Å². The second kappa shape index (κ2) is 15.0. The van der Waals surface area contributed by atoms with Gasteiger partial charge in [-0.25, -0.2) is 0 Å². The molecule has 0 aliphatic heterocycles. The molecule has 0 amide bonds. The standard InChI is InChI=1S/C19H10OS/c1-3-5-6-7-8-9-10-11-12-13-14-15-16-18-21-19(20)17-4-2/h4,17H2,1-2H3. The van der Waals surface area contributed by atoms with E-state index in [4.69, 9.17) is 0 Å². The fraction of sp³-hybridized carbons (Fsp3) is 0.211. The number of rotatable bonds is 2. The molecule has 1 nitrogen and oxygen atoms in total. The van der Waals surface area contributed by atoms with Crippen LogP contribution in [-0.4, -0.2) is 5.12 Å². The lowest BCUT2D eigenvalue weighted by Gasteiger charge is -1.86. The van der Waals surface area contributed by atoms with Gasteiger partial charge in [-0.3, -0.25) is 4.79 Å². The van der Waals surface area contributed by atoms with Crippen LogP contribution in [0.25, 0.3) is 0 Å². The Labute approximate surface area is 131 Å². The number of thioether (sulfide) groups is 1. The maximum atomic E-state index is 11.1. The summed E-state index contributed by atoms with van der Waals surface area (Å²) in [6.07, 6.45) is 1.35. The molecule has 0 fully saturated rings. The van der Waals surface area contributed by atoms with Gasteiger partial charge in [0.05, 0.1) is 0 Å². The fourth-order valence-electron chi connectivity index (χ4n) is 0.738. The largest absolute Gasteiger partial charge is 0.286 e. The van der Waals surface area contributed by atoms with Crippen LogP contribution in [0.15, 0.2) is 0 Å². The molecule has 21 heavy (non-hydrogen) atoms. The minimum absolute atomic E-state index is 0.0512. The van der Waals surface area contributed by atoms with E-state index in [0.717, 1.165) is 18.2 Å². The zero-order valence-electron chi connectivity index (χ0n) is 11.7. The van der Waals surface area contributed by atoms with Crippen molar-refractivity contribution in [3.63, 3.8) is 0 Å². The Kier molecular flexibility index (Phi) is 12.8. The van der Waals surface area contributed by atoms with Crippen LogP contribution in [0.5, 0.6) is 0 Å². The maximum absolute atomic E-state index is 11.1. The Morgan fingerprint density at radius 1 is 0.762 bits per heavy atom. The van der Waals surface area contributed by atoms with Crippen molar-refractivity contribution >= 4 is 16.9 Å². The van der Waals surface area contributed by atoms with E-state index in [1.54, 1.807) is 6.92 Å². The fourth-order valence-corrected chi connectivity index (χ4v) is 1.26. The molecular formula is C19H10OS. The molecule has 0 radical (unpaired) electrons. The van der Waals surface area contributed by atoms with Gasteiger partial charge in [0.1, 0.15) is 0 Å². The van der Waals surface area contributed by atoms with E-state index in [2.05, 4.69) is 82.2 Å². The molecule has 0 spiro atoms. The van der Waals surface area contributed by atoms with Crippen molar-refractivity contribution in [2.75, 3.05) is 0 Å². The van der Waals surface area contributed by atoms with E-state index in [0.29, 0.717) is 6.42 Å². The number of carbonyl (C=O) groups is 1. The average Bonchev–Trinajstić information content (AvgIpc) is 2.48. The van der Waals surface area contributed by atoms with Gasteiger partial charge in [-0.1, -0.05) is 12.8 Å². The molecular weight excluding hydrogens is 276 g/mol. The summed E-state index contributed by atoms with van der Waals surface area (Å²) >= 11 is 0.965. The lowest BCUT2D eigenvalue weighted by Crippen LogP contribution is -1.85. The van der Waals surface area contributed by atoms with Crippen molar-refractivity contribution < 1.29 is 4.79 Å². The van der Waals surface area contributed by atoms with Crippen molar-refractivity contribution in [3.8, 4) is 82.2 Å². The third-order valence-corrected chi connectivity index (χ3v) is 2.12. The molecule has 0 saturated carbocycles. The van der Waals surface area contributed by atoms with Gasteiger partial charge >= 0.3 is 0 Å². The number of carbonyl (C=O) groups excluding carboxylic acids is 1. The summed E-state index contributed by atoms with van der Waals surface area (Å²) in [6.45, 7) is 3.64. The lowest BCUT2D eigenvalue weighted by molar-refractivity contribution is -0.110. The summed E-state index contributed by atoms with van der Waals surface area (Å²) in [5.41, 5.74) is 0. The average molecular weight is 286 g/mol. The van der Waals surface area contributed by atoms with Crippen LogP contribution >= 0.6 is 11.8 Å². The second-order valence-corrected chi connectivity index (χ2v) is 3.94. The van der Waals surface area contributed by atoms with Gasteiger partial charge in [-0.15, -0.1) is 0 Å². The minimum atomic E-state index is 0.0512. The van der Waals surface area contributed by atoms with E-state index < -0.39 is 0 Å². The molecule has 2 heteroatoms. The third kappa shape index (κ3) is 14.9. The second-order valence-electron chi connectivity index (χ2n) is 3.08. The van der Waals surface area contributed by atoms with E-state index in [-0.39, 0.29) is 5.12 Å². The summed E-state index contributed by atoms with van der Waals surface area (Å²) in [5, 5.41) is 2.65. The van der Waals surface area contributed by atoms with Crippen molar-refractivity contribution in [1.29, 1.82) is 0 Å².